The minimum Gasteiger partial charge on any atom is -0.313 e. The Bertz CT molecular complexity index is 371. The molecule has 19 heavy (non-hydrogen) atoms. The number of thioether (sulfide) groups is 1. The summed E-state index contributed by atoms with van der Waals surface area (Å²) in [6.07, 6.45) is 6.76. The minimum absolute atomic E-state index is 0.388. The Morgan fingerprint density at radius 3 is 2.95 bits per heavy atom. The molecular weight excluding hydrogens is 256 g/mol. The average molecular weight is 282 g/mol. The lowest BCUT2D eigenvalue weighted by molar-refractivity contribution is 0.436. The van der Waals surface area contributed by atoms with Crippen LogP contribution < -0.4 is 5.32 Å². The van der Waals surface area contributed by atoms with Gasteiger partial charge in [0, 0.05) is 23.8 Å². The molecule has 0 radical (unpaired) electrons. The second-order valence-corrected chi connectivity index (χ2v) is 6.83. The van der Waals surface area contributed by atoms with Crippen molar-refractivity contribution in [2.75, 3.05) is 12.3 Å². The van der Waals surface area contributed by atoms with Gasteiger partial charge in [0.25, 0.3) is 0 Å². The van der Waals surface area contributed by atoms with Crippen molar-refractivity contribution in [3.63, 3.8) is 0 Å². The lowest BCUT2D eigenvalue weighted by atomic mass is 10.0. The van der Waals surface area contributed by atoms with Crippen LogP contribution in [0.3, 0.4) is 0 Å². The Hall–Kier alpha value is -0.550. The Balaban J connectivity index is 2.04. The van der Waals surface area contributed by atoms with E-state index in [0.29, 0.717) is 12.1 Å². The molecule has 2 heterocycles. The largest absolute Gasteiger partial charge is 0.313 e. The smallest absolute Gasteiger partial charge is 0.138 e. The van der Waals surface area contributed by atoms with Gasteiger partial charge < -0.3 is 5.32 Å². The lowest BCUT2D eigenvalue weighted by Gasteiger charge is -2.30. The summed E-state index contributed by atoms with van der Waals surface area (Å²) in [4.78, 5) is 4.46. The first-order valence-corrected chi connectivity index (χ1v) is 8.50. The van der Waals surface area contributed by atoms with E-state index in [2.05, 4.69) is 52.6 Å². The molecule has 0 spiro atoms. The maximum Gasteiger partial charge on any atom is 0.138 e. The molecular formula is C14H26N4S. The molecule has 1 saturated heterocycles. The molecule has 2 atom stereocenters. The van der Waals surface area contributed by atoms with Crippen LogP contribution in [0, 0.1) is 0 Å². The van der Waals surface area contributed by atoms with Gasteiger partial charge in [0.05, 0.1) is 0 Å². The lowest BCUT2D eigenvalue weighted by Crippen LogP contribution is -2.41. The first-order valence-electron chi connectivity index (χ1n) is 7.45. The molecule has 4 nitrogen and oxygen atoms in total. The first-order chi connectivity index (χ1) is 9.22. The number of aromatic nitrogens is 3. The normalized spacial score (nSPS) is 21.8. The summed E-state index contributed by atoms with van der Waals surface area (Å²) in [5.41, 5.74) is 0. The Labute approximate surface area is 120 Å². The van der Waals surface area contributed by atoms with E-state index >= 15 is 0 Å². The van der Waals surface area contributed by atoms with Crippen molar-refractivity contribution in [2.45, 2.75) is 63.8 Å². The molecule has 0 aliphatic carbocycles. The van der Waals surface area contributed by atoms with Gasteiger partial charge in [0.2, 0.25) is 0 Å². The van der Waals surface area contributed by atoms with E-state index in [-0.39, 0.29) is 0 Å². The first kappa shape index (κ1) is 14.9. The molecule has 1 N–H and O–H groups in total. The highest BCUT2D eigenvalue weighted by atomic mass is 32.2. The zero-order valence-corrected chi connectivity index (χ0v) is 13.1. The second kappa shape index (κ2) is 7.29. The topological polar surface area (TPSA) is 42.7 Å². The third kappa shape index (κ3) is 3.96. The molecule has 0 amide bonds. The summed E-state index contributed by atoms with van der Waals surface area (Å²) < 4.78 is 2.05. The van der Waals surface area contributed by atoms with Crippen molar-refractivity contribution in [1.29, 1.82) is 0 Å². The fourth-order valence-corrected chi connectivity index (χ4v) is 4.16. The van der Waals surface area contributed by atoms with Gasteiger partial charge in [-0.15, -0.1) is 0 Å². The molecule has 5 heteroatoms. The molecule has 1 aliphatic rings. The summed E-state index contributed by atoms with van der Waals surface area (Å²) in [6, 6.07) is 0.913. The number of hydrogen-bond acceptors (Lipinski definition) is 4. The summed E-state index contributed by atoms with van der Waals surface area (Å²) in [5.74, 6) is 2.43. The third-order valence-electron chi connectivity index (χ3n) is 3.67. The fraction of sp³-hybridized carbons (Fsp3) is 0.857. The van der Waals surface area contributed by atoms with Gasteiger partial charge in [-0.25, -0.2) is 9.67 Å². The van der Waals surface area contributed by atoms with Gasteiger partial charge in [-0.2, -0.15) is 16.9 Å². The maximum atomic E-state index is 4.46. The van der Waals surface area contributed by atoms with E-state index < -0.39 is 0 Å². The highest BCUT2D eigenvalue weighted by Gasteiger charge is 2.25. The highest BCUT2D eigenvalue weighted by Crippen LogP contribution is 2.29. The van der Waals surface area contributed by atoms with Crippen LogP contribution in [0.25, 0.3) is 0 Å². The molecule has 2 unspecified atom stereocenters. The number of rotatable bonds is 6. The molecule has 1 aromatic heterocycles. The summed E-state index contributed by atoms with van der Waals surface area (Å²) in [6.45, 7) is 7.54. The summed E-state index contributed by atoms with van der Waals surface area (Å²) >= 11 is 2.13. The third-order valence-corrected chi connectivity index (χ3v) is 5.19. The number of hydrogen-bond donors (Lipinski definition) is 1. The van der Waals surface area contributed by atoms with E-state index in [1.54, 1.807) is 6.33 Å². The number of likely N-dealkylation sites (N-methyl/N-ethyl adjacent to an activating group) is 1. The van der Waals surface area contributed by atoms with E-state index in [9.17, 15) is 0 Å². The molecule has 0 aromatic carbocycles. The van der Waals surface area contributed by atoms with Gasteiger partial charge in [0.15, 0.2) is 0 Å². The summed E-state index contributed by atoms with van der Waals surface area (Å²) in [7, 11) is 0. The Morgan fingerprint density at radius 1 is 1.47 bits per heavy atom. The predicted molar refractivity (Wildman–Crippen MR) is 81.7 cm³/mol. The standard InChI is InChI=1S/C14H26N4S/c1-4-15-12(13-7-5-6-8-19-13)9-14-16-10-17-18(14)11(2)3/h10-13,15H,4-9H2,1-3H3. The van der Waals surface area contributed by atoms with Gasteiger partial charge in [0.1, 0.15) is 12.2 Å². The van der Waals surface area contributed by atoms with Crippen molar-refractivity contribution in [2.24, 2.45) is 0 Å². The van der Waals surface area contributed by atoms with Gasteiger partial charge >= 0.3 is 0 Å². The van der Waals surface area contributed by atoms with Crippen molar-refractivity contribution >= 4 is 11.8 Å². The molecule has 2 rings (SSSR count). The zero-order chi connectivity index (χ0) is 13.7. The minimum atomic E-state index is 0.388. The predicted octanol–water partition coefficient (Wildman–Crippen LogP) is 2.67. The van der Waals surface area contributed by atoms with Crippen LogP contribution in [0.15, 0.2) is 6.33 Å². The van der Waals surface area contributed by atoms with Crippen LogP contribution in [-0.2, 0) is 6.42 Å². The summed E-state index contributed by atoms with van der Waals surface area (Å²) in [5, 5.41) is 8.73. The molecule has 1 aliphatic heterocycles. The Morgan fingerprint density at radius 2 is 2.32 bits per heavy atom. The molecule has 0 bridgehead atoms. The quantitative estimate of drug-likeness (QED) is 0.871. The van der Waals surface area contributed by atoms with Crippen LogP contribution >= 0.6 is 11.8 Å². The zero-order valence-electron chi connectivity index (χ0n) is 12.3. The maximum absolute atomic E-state index is 4.46. The SMILES string of the molecule is CCNC(Cc1ncnn1C(C)C)C1CCCCS1. The van der Waals surface area contributed by atoms with E-state index in [1.165, 1.54) is 25.0 Å². The number of nitrogens with one attached hydrogen (secondary N) is 1. The van der Waals surface area contributed by atoms with E-state index in [0.717, 1.165) is 24.0 Å². The molecule has 0 saturated carbocycles. The van der Waals surface area contributed by atoms with Gasteiger partial charge in [-0.1, -0.05) is 13.3 Å². The highest BCUT2D eigenvalue weighted by molar-refractivity contribution is 8.00. The van der Waals surface area contributed by atoms with Crippen LogP contribution in [0.5, 0.6) is 0 Å². The van der Waals surface area contributed by atoms with Gasteiger partial charge in [-0.3, -0.25) is 0 Å². The molecule has 108 valence electrons. The molecule has 1 fully saturated rings. The van der Waals surface area contributed by atoms with Crippen LogP contribution in [-0.4, -0.2) is 38.4 Å². The number of nitrogens with zero attached hydrogens (tertiary/aromatic N) is 3. The van der Waals surface area contributed by atoms with Gasteiger partial charge in [-0.05, 0) is 39.0 Å². The van der Waals surface area contributed by atoms with E-state index in [4.69, 9.17) is 0 Å². The van der Waals surface area contributed by atoms with Crippen molar-refractivity contribution < 1.29 is 0 Å². The van der Waals surface area contributed by atoms with Crippen molar-refractivity contribution in [3.05, 3.63) is 12.2 Å². The van der Waals surface area contributed by atoms with Crippen molar-refractivity contribution in [1.82, 2.24) is 20.1 Å². The monoisotopic (exact) mass is 282 g/mol. The molecule has 1 aromatic rings. The van der Waals surface area contributed by atoms with Crippen LogP contribution in [0.4, 0.5) is 0 Å². The van der Waals surface area contributed by atoms with E-state index in [1.807, 2.05) is 0 Å². The Kier molecular flexibility index (Phi) is 5.70. The average Bonchev–Trinajstić information content (AvgIpc) is 2.88. The van der Waals surface area contributed by atoms with Crippen LogP contribution in [0.2, 0.25) is 0 Å². The fourth-order valence-electron chi connectivity index (χ4n) is 2.73. The second-order valence-electron chi connectivity index (χ2n) is 5.49. The van der Waals surface area contributed by atoms with Crippen LogP contribution in [0.1, 0.15) is 51.9 Å². The van der Waals surface area contributed by atoms with Crippen molar-refractivity contribution in [3.8, 4) is 0 Å².